The Hall–Kier alpha value is -1.89. The van der Waals surface area contributed by atoms with E-state index in [0.29, 0.717) is 24.1 Å². The van der Waals surface area contributed by atoms with E-state index in [2.05, 4.69) is 24.9 Å². The predicted molar refractivity (Wildman–Crippen MR) is 100 cm³/mol. The summed E-state index contributed by atoms with van der Waals surface area (Å²) in [6.45, 7) is 3.76. The molecule has 0 aromatic heterocycles. The molecule has 4 heterocycles. The summed E-state index contributed by atoms with van der Waals surface area (Å²) in [4.78, 5) is 21.5. The van der Waals surface area contributed by atoms with Crippen molar-refractivity contribution < 1.29 is 19.5 Å². The number of carbonyl (C=O) groups is 1. The smallest absolute Gasteiger partial charge is 0.264 e. The van der Waals surface area contributed by atoms with Crippen LogP contribution < -0.4 is 5.06 Å². The minimum Gasteiger partial charge on any atom is -0.508 e. The lowest BCUT2D eigenvalue weighted by molar-refractivity contribution is -0.137. The Morgan fingerprint density at radius 3 is 2.96 bits per heavy atom. The molecule has 6 heteroatoms. The molecule has 4 aliphatic heterocycles. The second-order valence-corrected chi connectivity index (χ2v) is 8.33. The van der Waals surface area contributed by atoms with Gasteiger partial charge in [0.25, 0.3) is 5.91 Å². The number of aromatic hydroxyl groups is 1. The molecule has 3 saturated heterocycles. The third kappa shape index (κ3) is 2.09. The SMILES string of the molecule is CC=C1CN(C)C2CC3(C(=O)N(OC)c4cc(O)ccc43)C3CC1C2CO3. The third-order valence-electron chi connectivity index (χ3n) is 7.32. The third-order valence-corrected chi connectivity index (χ3v) is 7.32. The first kappa shape index (κ1) is 17.2. The van der Waals surface area contributed by atoms with E-state index in [0.717, 1.165) is 24.9 Å². The summed E-state index contributed by atoms with van der Waals surface area (Å²) in [7, 11) is 3.66. The van der Waals surface area contributed by atoms with Crippen molar-refractivity contribution in [3.8, 4) is 5.75 Å². The first-order valence-electron chi connectivity index (χ1n) is 9.70. The van der Waals surface area contributed by atoms with Crippen LogP contribution in [0.3, 0.4) is 0 Å². The molecule has 144 valence electrons. The van der Waals surface area contributed by atoms with Crippen LogP contribution in [0.15, 0.2) is 29.8 Å². The molecule has 1 aromatic rings. The minimum absolute atomic E-state index is 0.0702. The second-order valence-electron chi connectivity index (χ2n) is 8.33. The van der Waals surface area contributed by atoms with Crippen LogP contribution in [0.1, 0.15) is 25.3 Å². The van der Waals surface area contributed by atoms with Crippen LogP contribution in [-0.2, 0) is 19.8 Å². The lowest BCUT2D eigenvalue weighted by Gasteiger charge is -2.46. The molecule has 1 saturated carbocycles. The number of anilines is 1. The molecule has 5 atom stereocenters. The van der Waals surface area contributed by atoms with E-state index in [1.54, 1.807) is 12.1 Å². The number of likely N-dealkylation sites (tertiary alicyclic amines) is 1. The standard InChI is InChI=1S/C21H26N2O4/c1-4-12-10-22(2)18-9-21(19-8-14(12)15(18)11-27-19)16-6-5-13(24)7-17(16)23(26-3)20(21)25/h4-7,14-15,18-19,24H,8-11H2,1-3H3. The van der Waals surface area contributed by atoms with Gasteiger partial charge in [0.2, 0.25) is 0 Å². The number of allylic oxidation sites excluding steroid dienone is 1. The molecule has 1 spiro atoms. The van der Waals surface area contributed by atoms with Gasteiger partial charge in [0.15, 0.2) is 0 Å². The number of hydrogen-bond donors (Lipinski definition) is 1. The Morgan fingerprint density at radius 2 is 2.22 bits per heavy atom. The molecule has 1 aromatic carbocycles. The number of benzene rings is 1. The number of phenols is 1. The van der Waals surface area contributed by atoms with Gasteiger partial charge in [-0.15, -0.1) is 0 Å². The molecule has 4 bridgehead atoms. The summed E-state index contributed by atoms with van der Waals surface area (Å²) in [5.74, 6) is 0.945. The number of ether oxygens (including phenoxy) is 1. The zero-order valence-electron chi connectivity index (χ0n) is 16.0. The van der Waals surface area contributed by atoms with Crippen molar-refractivity contribution in [2.45, 2.75) is 37.3 Å². The molecule has 5 aliphatic rings. The van der Waals surface area contributed by atoms with Crippen molar-refractivity contribution in [1.82, 2.24) is 4.90 Å². The van der Waals surface area contributed by atoms with Crippen LogP contribution in [0.2, 0.25) is 0 Å². The molecule has 6 nitrogen and oxygen atoms in total. The summed E-state index contributed by atoms with van der Waals surface area (Å²) in [5.41, 5.74) is 2.26. The molecule has 0 radical (unpaired) electrons. The molecule has 4 fully saturated rings. The fraction of sp³-hybridized carbons (Fsp3) is 0.571. The van der Waals surface area contributed by atoms with Crippen molar-refractivity contribution in [2.24, 2.45) is 11.8 Å². The van der Waals surface area contributed by atoms with Crippen LogP contribution >= 0.6 is 0 Å². The van der Waals surface area contributed by atoms with Crippen LogP contribution in [0.4, 0.5) is 5.69 Å². The van der Waals surface area contributed by atoms with Gasteiger partial charge in [0.05, 0.1) is 25.5 Å². The number of phenolic OH excluding ortho intramolecular Hbond substituents is 1. The Bertz CT molecular complexity index is 837. The summed E-state index contributed by atoms with van der Waals surface area (Å²) < 4.78 is 6.35. The lowest BCUT2D eigenvalue weighted by atomic mass is 9.72. The summed E-state index contributed by atoms with van der Waals surface area (Å²) >= 11 is 0. The van der Waals surface area contributed by atoms with Crippen LogP contribution in [0.5, 0.6) is 5.75 Å². The fourth-order valence-corrected chi connectivity index (χ4v) is 6.05. The summed E-state index contributed by atoms with van der Waals surface area (Å²) in [5, 5.41) is 11.3. The minimum atomic E-state index is -0.759. The Labute approximate surface area is 159 Å². The van der Waals surface area contributed by atoms with E-state index in [1.807, 2.05) is 6.07 Å². The van der Waals surface area contributed by atoms with Crippen LogP contribution in [0.25, 0.3) is 0 Å². The monoisotopic (exact) mass is 370 g/mol. The van der Waals surface area contributed by atoms with Gasteiger partial charge < -0.3 is 9.84 Å². The topological polar surface area (TPSA) is 62.2 Å². The molecule has 1 aliphatic carbocycles. The van der Waals surface area contributed by atoms with E-state index in [4.69, 9.17) is 9.57 Å². The molecular formula is C21H26N2O4. The molecular weight excluding hydrogens is 344 g/mol. The zero-order valence-corrected chi connectivity index (χ0v) is 16.0. The highest BCUT2D eigenvalue weighted by atomic mass is 16.7. The number of hydroxylamine groups is 1. The number of nitrogens with zero attached hydrogens (tertiary/aromatic N) is 2. The number of piperidine rings is 1. The van der Waals surface area contributed by atoms with Gasteiger partial charge in [-0.1, -0.05) is 17.7 Å². The largest absolute Gasteiger partial charge is 0.508 e. The van der Waals surface area contributed by atoms with Gasteiger partial charge in [-0.3, -0.25) is 14.5 Å². The normalized spacial score (nSPS) is 39.3. The van der Waals surface area contributed by atoms with Crippen molar-refractivity contribution >= 4 is 11.6 Å². The van der Waals surface area contributed by atoms with Gasteiger partial charge >= 0.3 is 0 Å². The van der Waals surface area contributed by atoms with E-state index >= 15 is 0 Å². The number of likely N-dealkylation sites (N-methyl/N-ethyl adjacent to an activating group) is 1. The highest BCUT2D eigenvalue weighted by molar-refractivity contribution is 6.07. The first-order valence-corrected chi connectivity index (χ1v) is 9.70. The maximum Gasteiger partial charge on any atom is 0.264 e. The quantitative estimate of drug-likeness (QED) is 0.768. The predicted octanol–water partition coefficient (Wildman–Crippen LogP) is 2.22. The molecule has 1 N–H and O–H groups in total. The van der Waals surface area contributed by atoms with E-state index < -0.39 is 5.41 Å². The highest BCUT2D eigenvalue weighted by Gasteiger charge is 2.64. The van der Waals surface area contributed by atoms with Gasteiger partial charge in [-0.25, -0.2) is 0 Å². The van der Waals surface area contributed by atoms with Gasteiger partial charge in [-0.05, 0) is 44.4 Å². The number of hydrogen-bond acceptors (Lipinski definition) is 5. The summed E-state index contributed by atoms with van der Waals surface area (Å²) in [6, 6.07) is 5.45. The van der Waals surface area contributed by atoms with Gasteiger partial charge in [0, 0.05) is 24.6 Å². The number of fused-ring (bicyclic) bond motifs is 2. The molecule has 1 amide bonds. The molecule has 6 rings (SSSR count). The lowest BCUT2D eigenvalue weighted by Crippen LogP contribution is -2.50. The van der Waals surface area contributed by atoms with Crippen LogP contribution in [0, 0.1) is 11.8 Å². The number of amides is 1. The van der Waals surface area contributed by atoms with Gasteiger partial charge in [-0.2, -0.15) is 5.06 Å². The molecule has 27 heavy (non-hydrogen) atoms. The van der Waals surface area contributed by atoms with E-state index in [1.165, 1.54) is 17.7 Å². The highest BCUT2D eigenvalue weighted by Crippen LogP contribution is 2.57. The maximum absolute atomic E-state index is 13.7. The Morgan fingerprint density at radius 1 is 1.41 bits per heavy atom. The van der Waals surface area contributed by atoms with Crippen molar-refractivity contribution in [3.05, 3.63) is 35.4 Å². The number of carbonyl (C=O) groups excluding carboxylic acids is 1. The van der Waals surface area contributed by atoms with Crippen molar-refractivity contribution in [3.63, 3.8) is 0 Å². The molecule has 5 unspecified atom stereocenters. The average Bonchev–Trinajstić information content (AvgIpc) is 2.78. The van der Waals surface area contributed by atoms with E-state index in [9.17, 15) is 9.90 Å². The van der Waals surface area contributed by atoms with Crippen molar-refractivity contribution in [2.75, 3.05) is 32.4 Å². The fourth-order valence-electron chi connectivity index (χ4n) is 6.05. The maximum atomic E-state index is 13.7. The van der Waals surface area contributed by atoms with Crippen LogP contribution in [-0.4, -0.2) is 55.4 Å². The van der Waals surface area contributed by atoms with Crippen molar-refractivity contribution in [1.29, 1.82) is 0 Å². The Balaban J connectivity index is 1.70. The van der Waals surface area contributed by atoms with Gasteiger partial charge in [0.1, 0.15) is 11.2 Å². The average molecular weight is 370 g/mol. The summed E-state index contributed by atoms with van der Waals surface area (Å²) in [6.07, 6.45) is 3.65. The zero-order chi connectivity index (χ0) is 18.9. The van der Waals surface area contributed by atoms with E-state index in [-0.39, 0.29) is 23.8 Å². The second kappa shape index (κ2) is 5.80. The Kier molecular flexibility index (Phi) is 3.70. The number of rotatable bonds is 1. The first-order chi connectivity index (χ1) is 13.0.